The summed E-state index contributed by atoms with van der Waals surface area (Å²) in [6.45, 7) is 4.56. The quantitative estimate of drug-likeness (QED) is 0.934. The average Bonchev–Trinajstić information content (AvgIpc) is 2.99. The molecule has 0 spiro atoms. The van der Waals surface area contributed by atoms with Gasteiger partial charge in [0.1, 0.15) is 6.04 Å². The summed E-state index contributed by atoms with van der Waals surface area (Å²) in [5.74, 6) is 2.07. The molecule has 6 nitrogen and oxygen atoms in total. The highest BCUT2D eigenvalue weighted by Gasteiger charge is 2.37. The van der Waals surface area contributed by atoms with E-state index in [2.05, 4.69) is 33.0 Å². The van der Waals surface area contributed by atoms with Crippen LogP contribution in [0.25, 0.3) is 0 Å². The molecule has 1 aliphatic heterocycles. The van der Waals surface area contributed by atoms with E-state index in [1.54, 1.807) is 0 Å². The molecular formula is C15H20N4O2. The highest BCUT2D eigenvalue weighted by atomic mass is 16.5. The van der Waals surface area contributed by atoms with Crippen molar-refractivity contribution in [2.45, 2.75) is 44.4 Å². The van der Waals surface area contributed by atoms with Gasteiger partial charge in [0, 0.05) is 31.4 Å². The fourth-order valence-corrected chi connectivity index (χ4v) is 2.98. The zero-order valence-corrected chi connectivity index (χ0v) is 12.2. The van der Waals surface area contributed by atoms with Crippen molar-refractivity contribution >= 4 is 0 Å². The van der Waals surface area contributed by atoms with Gasteiger partial charge in [0.2, 0.25) is 5.89 Å². The van der Waals surface area contributed by atoms with Crippen LogP contribution in [0.1, 0.15) is 49.0 Å². The molecule has 0 aromatic carbocycles. The molecule has 0 unspecified atom stereocenters. The van der Waals surface area contributed by atoms with Crippen LogP contribution in [0.3, 0.4) is 0 Å². The Morgan fingerprint density at radius 1 is 1.43 bits per heavy atom. The van der Waals surface area contributed by atoms with E-state index in [0.29, 0.717) is 11.8 Å². The lowest BCUT2D eigenvalue weighted by molar-refractivity contribution is -0.0763. The third-order valence-electron chi connectivity index (χ3n) is 4.30. The Hall–Kier alpha value is -1.66. The SMILES string of the molecule is C[C@H]1OCCN(Cc2cc[nH]c2)[C@@H]1c1nc(C2CC2)no1. The molecular weight excluding hydrogens is 268 g/mol. The van der Waals surface area contributed by atoms with Gasteiger partial charge >= 0.3 is 0 Å². The third kappa shape index (κ3) is 2.61. The molecule has 21 heavy (non-hydrogen) atoms. The molecule has 6 heteroatoms. The predicted octanol–water partition coefficient (Wildman–Crippen LogP) is 2.24. The molecule has 2 aromatic rings. The van der Waals surface area contributed by atoms with Crippen molar-refractivity contribution < 1.29 is 9.26 Å². The lowest BCUT2D eigenvalue weighted by atomic mass is 10.1. The maximum absolute atomic E-state index is 5.80. The third-order valence-corrected chi connectivity index (χ3v) is 4.30. The van der Waals surface area contributed by atoms with Crippen molar-refractivity contribution in [2.24, 2.45) is 0 Å². The molecule has 3 heterocycles. The first kappa shape index (κ1) is 13.0. The van der Waals surface area contributed by atoms with Crippen LogP contribution < -0.4 is 0 Å². The van der Waals surface area contributed by atoms with E-state index in [4.69, 9.17) is 9.26 Å². The molecule has 1 aliphatic carbocycles. The van der Waals surface area contributed by atoms with Crippen molar-refractivity contribution in [1.29, 1.82) is 0 Å². The Balaban J connectivity index is 1.57. The lowest BCUT2D eigenvalue weighted by Gasteiger charge is -2.37. The summed E-state index contributed by atoms with van der Waals surface area (Å²) in [5, 5.41) is 4.14. The van der Waals surface area contributed by atoms with Gasteiger partial charge in [-0.1, -0.05) is 5.16 Å². The fourth-order valence-electron chi connectivity index (χ4n) is 2.98. The van der Waals surface area contributed by atoms with Gasteiger partial charge < -0.3 is 14.2 Å². The Morgan fingerprint density at radius 3 is 3.10 bits per heavy atom. The van der Waals surface area contributed by atoms with E-state index in [1.165, 1.54) is 18.4 Å². The van der Waals surface area contributed by atoms with Gasteiger partial charge in [0.05, 0.1) is 12.7 Å². The fraction of sp³-hybridized carbons (Fsp3) is 0.600. The monoisotopic (exact) mass is 288 g/mol. The number of rotatable bonds is 4. The van der Waals surface area contributed by atoms with Crippen molar-refractivity contribution in [2.75, 3.05) is 13.2 Å². The number of nitrogens with one attached hydrogen (secondary N) is 1. The second-order valence-corrected chi connectivity index (χ2v) is 5.98. The number of nitrogens with zero attached hydrogens (tertiary/aromatic N) is 3. The number of morpholine rings is 1. The Kier molecular flexibility index (Phi) is 3.27. The Labute approximate surface area is 123 Å². The van der Waals surface area contributed by atoms with E-state index in [9.17, 15) is 0 Å². The number of ether oxygens (including phenoxy) is 1. The molecule has 2 fully saturated rings. The maximum atomic E-state index is 5.80. The zero-order chi connectivity index (χ0) is 14.2. The van der Waals surface area contributed by atoms with E-state index in [-0.39, 0.29) is 12.1 Å². The van der Waals surface area contributed by atoms with Gasteiger partial charge in [-0.15, -0.1) is 0 Å². The smallest absolute Gasteiger partial charge is 0.246 e. The van der Waals surface area contributed by atoms with Crippen LogP contribution >= 0.6 is 0 Å². The van der Waals surface area contributed by atoms with E-state index in [1.807, 2.05) is 12.4 Å². The minimum atomic E-state index is 0.0358. The number of aromatic nitrogens is 3. The normalized spacial score (nSPS) is 27.1. The highest BCUT2D eigenvalue weighted by Crippen LogP contribution is 2.39. The Bertz CT molecular complexity index is 591. The predicted molar refractivity (Wildman–Crippen MR) is 75.6 cm³/mol. The van der Waals surface area contributed by atoms with E-state index < -0.39 is 0 Å². The summed E-state index contributed by atoms with van der Waals surface area (Å²) in [6, 6.07) is 2.13. The molecule has 1 N–H and O–H groups in total. The van der Waals surface area contributed by atoms with Gasteiger partial charge in [0.15, 0.2) is 5.82 Å². The molecule has 2 aromatic heterocycles. The van der Waals surface area contributed by atoms with Crippen molar-refractivity contribution in [3.8, 4) is 0 Å². The van der Waals surface area contributed by atoms with Crippen LogP contribution in [0.15, 0.2) is 23.0 Å². The summed E-state index contributed by atoms with van der Waals surface area (Å²) >= 11 is 0. The van der Waals surface area contributed by atoms with Crippen LogP contribution in [0.5, 0.6) is 0 Å². The molecule has 0 bridgehead atoms. The summed E-state index contributed by atoms with van der Waals surface area (Å²) in [6.07, 6.45) is 6.41. The minimum absolute atomic E-state index is 0.0358. The van der Waals surface area contributed by atoms with Gasteiger partial charge in [-0.25, -0.2) is 0 Å². The molecule has 0 radical (unpaired) electrons. The van der Waals surface area contributed by atoms with Crippen LogP contribution in [-0.4, -0.2) is 39.3 Å². The van der Waals surface area contributed by atoms with Gasteiger partial charge in [-0.3, -0.25) is 4.90 Å². The summed E-state index contributed by atoms with van der Waals surface area (Å²) in [4.78, 5) is 10.1. The summed E-state index contributed by atoms with van der Waals surface area (Å²) in [5.41, 5.74) is 1.26. The highest BCUT2D eigenvalue weighted by molar-refractivity contribution is 5.11. The second-order valence-electron chi connectivity index (χ2n) is 5.98. The zero-order valence-electron chi connectivity index (χ0n) is 12.2. The van der Waals surface area contributed by atoms with Crippen molar-refractivity contribution in [3.05, 3.63) is 35.7 Å². The van der Waals surface area contributed by atoms with Crippen molar-refractivity contribution in [3.63, 3.8) is 0 Å². The first-order chi connectivity index (χ1) is 10.3. The average molecular weight is 288 g/mol. The molecule has 112 valence electrons. The summed E-state index contributed by atoms with van der Waals surface area (Å²) < 4.78 is 11.3. The van der Waals surface area contributed by atoms with Crippen LogP contribution in [0.4, 0.5) is 0 Å². The first-order valence-electron chi connectivity index (χ1n) is 7.62. The molecule has 1 saturated carbocycles. The Morgan fingerprint density at radius 2 is 2.33 bits per heavy atom. The van der Waals surface area contributed by atoms with Gasteiger partial charge in [-0.05, 0) is 31.4 Å². The van der Waals surface area contributed by atoms with Gasteiger partial charge in [0.25, 0.3) is 0 Å². The number of aromatic amines is 1. The van der Waals surface area contributed by atoms with E-state index in [0.717, 1.165) is 25.5 Å². The molecule has 2 atom stereocenters. The van der Waals surface area contributed by atoms with Crippen LogP contribution in [0.2, 0.25) is 0 Å². The van der Waals surface area contributed by atoms with Crippen molar-refractivity contribution in [1.82, 2.24) is 20.0 Å². The van der Waals surface area contributed by atoms with E-state index >= 15 is 0 Å². The number of H-pyrrole nitrogens is 1. The van der Waals surface area contributed by atoms with Crippen LogP contribution in [-0.2, 0) is 11.3 Å². The molecule has 2 aliphatic rings. The number of hydrogen-bond acceptors (Lipinski definition) is 5. The first-order valence-corrected chi connectivity index (χ1v) is 7.62. The van der Waals surface area contributed by atoms with Gasteiger partial charge in [-0.2, -0.15) is 4.98 Å². The minimum Gasteiger partial charge on any atom is -0.375 e. The summed E-state index contributed by atoms with van der Waals surface area (Å²) in [7, 11) is 0. The maximum Gasteiger partial charge on any atom is 0.246 e. The molecule has 4 rings (SSSR count). The van der Waals surface area contributed by atoms with Crippen LogP contribution in [0, 0.1) is 0 Å². The lowest BCUT2D eigenvalue weighted by Crippen LogP contribution is -2.43. The standard InChI is InChI=1S/C15H20N4O2/c1-10-13(15-17-14(18-21-15)12-2-3-12)19(6-7-20-10)9-11-4-5-16-8-11/h4-5,8,10,12-13,16H,2-3,6-7,9H2,1H3/t10-,13+/m1/s1. The largest absolute Gasteiger partial charge is 0.375 e. The molecule has 0 amide bonds. The second kappa shape index (κ2) is 5.27. The topological polar surface area (TPSA) is 67.2 Å². The number of hydrogen-bond donors (Lipinski definition) is 1. The molecule has 1 saturated heterocycles.